The number of fused-ring (bicyclic) bond motifs is 3. The predicted molar refractivity (Wildman–Crippen MR) is 369 cm³/mol. The average molecular weight is 1460 g/mol. The van der Waals surface area contributed by atoms with Crippen LogP contribution >= 0.6 is 35.3 Å². The van der Waals surface area contributed by atoms with E-state index in [0.29, 0.717) is 11.1 Å². The molecule has 6 aliphatic heterocycles. The smallest absolute Gasteiger partial charge is 0.274 e. The van der Waals surface area contributed by atoms with E-state index < -0.39 is 106 Å². The molecule has 0 unspecified atom stereocenters. The molecule has 0 spiro atoms. The third-order valence-corrected chi connectivity index (χ3v) is 20.5. The number of carbonyl (C=O) groups excluding carboxylic acids is 4. The van der Waals surface area contributed by atoms with Crippen molar-refractivity contribution in [1.82, 2.24) is 20.6 Å². The highest BCUT2D eigenvalue weighted by Gasteiger charge is 2.63. The highest BCUT2D eigenvalue weighted by atomic mass is 32.2. The van der Waals surface area contributed by atoms with Crippen LogP contribution in [-0.4, -0.2) is 122 Å². The lowest BCUT2D eigenvalue weighted by molar-refractivity contribution is -0.113. The van der Waals surface area contributed by atoms with Gasteiger partial charge in [0, 0.05) is 113 Å². The van der Waals surface area contributed by atoms with Crippen molar-refractivity contribution in [2.45, 2.75) is 73.5 Å². The molecule has 8 N–H and O–H groups in total. The van der Waals surface area contributed by atoms with E-state index in [-0.39, 0.29) is 115 Å². The van der Waals surface area contributed by atoms with Crippen LogP contribution in [0.15, 0.2) is 167 Å². The quantitative estimate of drug-likeness (QED) is 0.0377. The van der Waals surface area contributed by atoms with E-state index in [4.69, 9.17) is 38.8 Å². The number of pyridine rings is 2. The van der Waals surface area contributed by atoms with Crippen LogP contribution in [0.4, 0.5) is 68.0 Å². The van der Waals surface area contributed by atoms with Gasteiger partial charge in [-0.3, -0.25) is 29.1 Å². The summed E-state index contributed by atoms with van der Waals surface area (Å²) < 4.78 is 148. The second-order valence-corrected chi connectivity index (χ2v) is 27.6. The lowest BCUT2D eigenvalue weighted by Gasteiger charge is -2.37. The highest BCUT2D eigenvalue weighted by molar-refractivity contribution is 8.14. The number of amidine groups is 3. The number of alkyl halides is 6. The number of ether oxygens (including phenoxy) is 3. The molecular weight excluding hydrogens is 1400 g/mol. The van der Waals surface area contributed by atoms with Gasteiger partial charge in [-0.25, -0.2) is 64.2 Å². The third-order valence-electron chi connectivity index (χ3n) is 17.6. The number of hydrogen-bond acceptors (Lipinski definition) is 17. The lowest BCUT2D eigenvalue weighted by Crippen LogP contribution is -2.47. The van der Waals surface area contributed by atoms with Crippen molar-refractivity contribution in [3.63, 3.8) is 0 Å². The van der Waals surface area contributed by atoms with Gasteiger partial charge in [-0.2, -0.15) is 0 Å². The minimum absolute atomic E-state index is 0.0200. The Morgan fingerprint density at radius 1 is 0.480 bits per heavy atom. The van der Waals surface area contributed by atoms with Crippen molar-refractivity contribution in [3.05, 3.63) is 231 Å². The number of rotatable bonds is 12. The fourth-order valence-corrected chi connectivity index (χ4v) is 16.1. The maximum atomic E-state index is 15.4. The van der Waals surface area contributed by atoms with Crippen LogP contribution in [-0.2, 0) is 30.8 Å². The molecule has 3 fully saturated rings. The van der Waals surface area contributed by atoms with Gasteiger partial charge in [0.2, 0.25) is 11.4 Å². The first kappa shape index (κ1) is 73.4. The molecule has 4 amide bonds. The van der Waals surface area contributed by atoms with Gasteiger partial charge in [-0.05, 0) is 91.0 Å². The predicted octanol–water partition coefficient (Wildman–Crippen LogP) is 13.2. The molecule has 7 aromatic rings. The number of nitrogen functional groups attached to an aromatic ring is 1. The fourth-order valence-electron chi connectivity index (χ4n) is 12.7. The molecule has 2 aromatic heterocycles. The molecule has 0 radical (unpaired) electrons. The Morgan fingerprint density at radius 3 is 1.21 bits per heavy atom. The number of nitrogens with zero attached hydrogens (tertiary/aromatic N) is 7. The van der Waals surface area contributed by atoms with Gasteiger partial charge in [0.25, 0.3) is 41.4 Å². The van der Waals surface area contributed by atoms with E-state index in [1.54, 1.807) is 60.7 Å². The summed E-state index contributed by atoms with van der Waals surface area (Å²) in [5.74, 6) is -15.6. The Bertz CT molecular complexity index is 4540. The molecule has 6 aliphatic rings. The van der Waals surface area contributed by atoms with Gasteiger partial charge >= 0.3 is 0 Å². The number of thioether (sulfide) groups is 3. The van der Waals surface area contributed by atoms with E-state index in [9.17, 15) is 54.3 Å². The van der Waals surface area contributed by atoms with Gasteiger partial charge in [-0.1, -0.05) is 83.8 Å². The maximum Gasteiger partial charge on any atom is 0.274 e. The molecule has 9 atom stereocenters. The molecule has 0 aliphatic carbocycles. The number of halogens is 9. The summed E-state index contributed by atoms with van der Waals surface area (Å²) in [6, 6.07) is 34.2. The zero-order valence-electron chi connectivity index (χ0n) is 53.9. The number of benzene rings is 5. The van der Waals surface area contributed by atoms with E-state index in [0.717, 1.165) is 68.2 Å². The molecule has 0 bridgehead atoms. The number of aliphatic imine (C=N–C) groups is 3. The standard InChI is InChI=1S/C28H22F3N5O3S.C21H18F3N5O2S.C21H20F3N3O2S/c1-27(30,31)23-20-14-40-26(35-24(37)16-6-4-3-5-7-16)36-28(20,15-39-23)19-12-17(8-10-21(19)29)34-25(38)22-11-9-18(32-2)13-33-22;1-20(23,24)17-14-9-32-19(25)29-21(14,10-31-17)13-7-11(3-5-15(13)22)28-18(30)16-6-4-12(26-2)8-27-16;1-20(23,24)17-15-10-30-19(26-18(28)12-5-3-2-4-6-12)27-21(15,11-29-17)14-9-13(25)7-8-16(14)22/h3-13,20,23H,14-15H2,1H3,(H,34,38)(H,35,36,37);3-8,14,17H,9-10H2,1H3,(H2,25,29)(H,28,30);2-9,15,17H,10-11,25H2,1H3,(H,26,27,28)/t20-,23+,28-;14-,17+,21-;15-,17+,21-/m111/s1. The van der Waals surface area contributed by atoms with Crippen molar-refractivity contribution in [2.24, 2.45) is 38.5 Å². The molecule has 32 heteroatoms. The van der Waals surface area contributed by atoms with Crippen LogP contribution in [0, 0.1) is 48.3 Å². The number of hydrogen-bond donors (Lipinski definition) is 6. The normalized spacial score (nSPS) is 24.1. The Hall–Kier alpha value is -9.83. The number of amides is 4. The summed E-state index contributed by atoms with van der Waals surface area (Å²) in [6.45, 7) is 15.4. The van der Waals surface area contributed by atoms with E-state index in [1.165, 1.54) is 79.1 Å². The Balaban J connectivity index is 0.000000156. The number of anilines is 3. The summed E-state index contributed by atoms with van der Waals surface area (Å²) in [6.07, 6.45) is -1.91. The zero-order valence-corrected chi connectivity index (χ0v) is 56.4. The topological polar surface area (TPSA) is 268 Å². The highest BCUT2D eigenvalue weighted by Crippen LogP contribution is 2.55. The molecule has 0 saturated carbocycles. The SMILES string of the molecule is CC(F)(F)[C@H]1OC[C@]2(c3cc(N)ccc3F)N=C(NC(=O)c3ccccc3)SC[C@H]12.[C-]#[N+]c1ccc(C(=O)Nc2ccc(F)c([C@]34CO[C@H](C(C)(F)F)[C@H]3CSC(N)=N4)c2)nc1.[C-]#[N+]c1ccc(C(=O)Nc2ccc(F)c([C@]34CO[C@H](C(C)(F)F)[C@H]3CSC(NC(=O)c3ccccc3)=N4)c2)nc1. The molecule has 5 aromatic carbocycles. The Labute approximate surface area is 590 Å². The molecule has 102 heavy (non-hydrogen) atoms. The van der Waals surface area contributed by atoms with Gasteiger partial charge in [0.1, 0.15) is 63.8 Å². The van der Waals surface area contributed by atoms with Gasteiger partial charge < -0.3 is 46.9 Å². The van der Waals surface area contributed by atoms with Crippen LogP contribution in [0.5, 0.6) is 0 Å². The van der Waals surface area contributed by atoms with Gasteiger partial charge in [-0.15, -0.1) is 0 Å². The summed E-state index contributed by atoms with van der Waals surface area (Å²) in [5, 5.41) is 11.2. The molecular formula is C70H60F9N13O7S3. The van der Waals surface area contributed by atoms with Crippen LogP contribution in [0.1, 0.15) is 79.2 Å². The second kappa shape index (κ2) is 29.6. The fraction of sp³-hybridized carbons (Fsp3) is 0.300. The number of aromatic nitrogens is 2. The maximum absolute atomic E-state index is 15.4. The van der Waals surface area contributed by atoms with Crippen molar-refractivity contribution in [1.29, 1.82) is 0 Å². The number of nitrogens with two attached hydrogens (primary N) is 2. The van der Waals surface area contributed by atoms with E-state index >= 15 is 4.39 Å². The monoisotopic (exact) mass is 1460 g/mol. The minimum atomic E-state index is -3.24. The van der Waals surface area contributed by atoms with E-state index in [2.05, 4.69) is 55.9 Å². The first-order valence-electron chi connectivity index (χ1n) is 31.0. The summed E-state index contributed by atoms with van der Waals surface area (Å²) >= 11 is 3.34. The Morgan fingerprint density at radius 2 is 0.843 bits per heavy atom. The van der Waals surface area contributed by atoms with Crippen LogP contribution in [0.2, 0.25) is 0 Å². The number of nitrogens with one attached hydrogen (secondary N) is 4. The second-order valence-electron chi connectivity index (χ2n) is 24.6. The van der Waals surface area contributed by atoms with Crippen molar-refractivity contribution < 1.29 is 72.9 Å². The van der Waals surface area contributed by atoms with Crippen molar-refractivity contribution in [3.8, 4) is 0 Å². The first-order chi connectivity index (χ1) is 48.4. The first-order valence-corrected chi connectivity index (χ1v) is 34.0. The lowest BCUT2D eigenvalue weighted by atomic mass is 9.77. The third kappa shape index (κ3) is 15.5. The molecule has 13 rings (SSSR count). The molecule has 20 nitrogen and oxygen atoms in total. The summed E-state index contributed by atoms with van der Waals surface area (Å²) in [4.78, 5) is 78.5. The number of carbonyl (C=O) groups is 4. The van der Waals surface area contributed by atoms with Crippen LogP contribution in [0.3, 0.4) is 0 Å². The Kier molecular flexibility index (Phi) is 21.3. The largest absolute Gasteiger partial charge is 0.399 e. The van der Waals surface area contributed by atoms with Crippen LogP contribution < -0.4 is 32.7 Å². The summed E-state index contributed by atoms with van der Waals surface area (Å²) in [7, 11) is 0. The van der Waals surface area contributed by atoms with Crippen molar-refractivity contribution in [2.75, 3.05) is 53.4 Å². The van der Waals surface area contributed by atoms with Gasteiger partial charge in [0.05, 0.1) is 33.0 Å². The van der Waals surface area contributed by atoms with Gasteiger partial charge in [0.15, 0.2) is 15.5 Å². The zero-order chi connectivity index (χ0) is 73.1. The molecule has 8 heterocycles. The minimum Gasteiger partial charge on any atom is -0.399 e. The van der Waals surface area contributed by atoms with Crippen LogP contribution in [0.25, 0.3) is 9.69 Å². The molecule has 528 valence electrons. The molecule has 3 saturated heterocycles. The summed E-state index contributed by atoms with van der Waals surface area (Å²) in [5.41, 5.74) is 9.49. The van der Waals surface area contributed by atoms with Crippen molar-refractivity contribution >= 4 is 103 Å². The van der Waals surface area contributed by atoms with E-state index in [1.807, 2.05) is 0 Å². The average Bonchev–Trinajstić information content (AvgIpc) is 1.54.